The molecule has 17 heavy (non-hydrogen) atoms. The van der Waals surface area contributed by atoms with Crippen LogP contribution in [0.2, 0.25) is 0 Å². The highest BCUT2D eigenvalue weighted by atomic mass is 16.5. The zero-order valence-corrected chi connectivity index (χ0v) is 10.7. The lowest BCUT2D eigenvalue weighted by Gasteiger charge is -2.17. The molecule has 0 bridgehead atoms. The molecule has 1 aliphatic rings. The summed E-state index contributed by atoms with van der Waals surface area (Å²) in [6.45, 7) is 3.83. The molecular formula is C15H23NO. The molecule has 0 saturated heterocycles. The van der Waals surface area contributed by atoms with Crippen LogP contribution in [0.4, 0.5) is 0 Å². The number of hydrogen-bond acceptors (Lipinski definition) is 2. The fraction of sp³-hybridized carbons (Fsp3) is 0.600. The Morgan fingerprint density at radius 2 is 1.94 bits per heavy atom. The molecule has 1 fully saturated rings. The minimum Gasteiger partial charge on any atom is -0.373 e. The van der Waals surface area contributed by atoms with Gasteiger partial charge >= 0.3 is 0 Å². The standard InChI is InChI=1S/C15H23NO/c1-13(11-16-15-9-5-6-10-15)17-12-14-7-3-2-4-8-14/h2-4,7-8,13,15-16H,5-6,9-12H2,1H3. The van der Waals surface area contributed by atoms with E-state index in [0.29, 0.717) is 6.61 Å². The van der Waals surface area contributed by atoms with Gasteiger partial charge in [-0.25, -0.2) is 0 Å². The summed E-state index contributed by atoms with van der Waals surface area (Å²) in [5.41, 5.74) is 1.25. The molecule has 1 aromatic rings. The summed E-state index contributed by atoms with van der Waals surface area (Å²) in [6, 6.07) is 11.1. The first-order valence-corrected chi connectivity index (χ1v) is 6.73. The Hall–Kier alpha value is -0.860. The van der Waals surface area contributed by atoms with Crippen molar-refractivity contribution in [3.8, 4) is 0 Å². The van der Waals surface area contributed by atoms with E-state index in [1.807, 2.05) is 6.07 Å². The Labute approximate surface area is 104 Å². The second-order valence-corrected chi connectivity index (χ2v) is 5.00. The van der Waals surface area contributed by atoms with E-state index in [0.717, 1.165) is 12.6 Å². The van der Waals surface area contributed by atoms with Crippen molar-refractivity contribution in [2.24, 2.45) is 0 Å². The highest BCUT2D eigenvalue weighted by Crippen LogP contribution is 2.17. The molecular weight excluding hydrogens is 210 g/mol. The van der Waals surface area contributed by atoms with E-state index in [9.17, 15) is 0 Å². The van der Waals surface area contributed by atoms with E-state index >= 15 is 0 Å². The van der Waals surface area contributed by atoms with Crippen molar-refractivity contribution in [2.75, 3.05) is 6.54 Å². The van der Waals surface area contributed by atoms with Crippen LogP contribution in [0.25, 0.3) is 0 Å². The third kappa shape index (κ3) is 4.49. The van der Waals surface area contributed by atoms with Crippen LogP contribution in [0, 0.1) is 0 Å². The van der Waals surface area contributed by atoms with Gasteiger partial charge in [-0.3, -0.25) is 0 Å². The zero-order valence-electron chi connectivity index (χ0n) is 10.7. The maximum Gasteiger partial charge on any atom is 0.0721 e. The first-order chi connectivity index (χ1) is 8.34. The monoisotopic (exact) mass is 233 g/mol. The molecule has 1 N–H and O–H groups in total. The average molecular weight is 233 g/mol. The third-order valence-electron chi connectivity index (χ3n) is 3.43. The van der Waals surface area contributed by atoms with Crippen LogP contribution in [0.5, 0.6) is 0 Å². The summed E-state index contributed by atoms with van der Waals surface area (Å²) in [4.78, 5) is 0. The lowest BCUT2D eigenvalue weighted by atomic mass is 10.2. The van der Waals surface area contributed by atoms with E-state index in [2.05, 4.69) is 36.5 Å². The van der Waals surface area contributed by atoms with Crippen LogP contribution >= 0.6 is 0 Å². The van der Waals surface area contributed by atoms with E-state index < -0.39 is 0 Å². The Kier molecular flexibility index (Phi) is 5.02. The van der Waals surface area contributed by atoms with E-state index in [-0.39, 0.29) is 6.10 Å². The van der Waals surface area contributed by atoms with Crippen LogP contribution < -0.4 is 5.32 Å². The Morgan fingerprint density at radius 1 is 1.24 bits per heavy atom. The van der Waals surface area contributed by atoms with E-state index in [1.165, 1.54) is 31.2 Å². The van der Waals surface area contributed by atoms with Gasteiger partial charge in [0.1, 0.15) is 0 Å². The summed E-state index contributed by atoms with van der Waals surface area (Å²) in [5.74, 6) is 0. The van der Waals surface area contributed by atoms with Crippen LogP contribution in [-0.4, -0.2) is 18.7 Å². The van der Waals surface area contributed by atoms with Gasteiger partial charge in [0.15, 0.2) is 0 Å². The summed E-state index contributed by atoms with van der Waals surface area (Å²) in [6.07, 6.45) is 5.74. The van der Waals surface area contributed by atoms with Gasteiger partial charge in [-0.05, 0) is 25.3 Å². The van der Waals surface area contributed by atoms with Gasteiger partial charge in [-0.1, -0.05) is 43.2 Å². The van der Waals surface area contributed by atoms with Crippen molar-refractivity contribution in [3.05, 3.63) is 35.9 Å². The molecule has 0 aromatic heterocycles. The lowest BCUT2D eigenvalue weighted by Crippen LogP contribution is -2.33. The Balaban J connectivity index is 1.62. The van der Waals surface area contributed by atoms with E-state index in [1.54, 1.807) is 0 Å². The molecule has 2 nitrogen and oxygen atoms in total. The van der Waals surface area contributed by atoms with Crippen LogP contribution in [0.1, 0.15) is 38.2 Å². The SMILES string of the molecule is CC(CNC1CCCC1)OCc1ccccc1. The second-order valence-electron chi connectivity index (χ2n) is 5.00. The quantitative estimate of drug-likeness (QED) is 0.815. The number of rotatable bonds is 6. The predicted octanol–water partition coefficient (Wildman–Crippen LogP) is 3.12. The first-order valence-electron chi connectivity index (χ1n) is 6.73. The van der Waals surface area contributed by atoms with Crippen molar-refractivity contribution < 1.29 is 4.74 Å². The molecule has 1 aliphatic carbocycles. The van der Waals surface area contributed by atoms with Crippen LogP contribution in [-0.2, 0) is 11.3 Å². The predicted molar refractivity (Wildman–Crippen MR) is 71.0 cm³/mol. The lowest BCUT2D eigenvalue weighted by molar-refractivity contribution is 0.0514. The molecule has 1 aromatic carbocycles. The Bertz CT molecular complexity index is 306. The van der Waals surface area contributed by atoms with Crippen molar-refractivity contribution in [1.82, 2.24) is 5.32 Å². The molecule has 0 heterocycles. The molecule has 1 unspecified atom stereocenters. The highest BCUT2D eigenvalue weighted by molar-refractivity contribution is 5.13. The minimum absolute atomic E-state index is 0.288. The molecule has 94 valence electrons. The highest BCUT2D eigenvalue weighted by Gasteiger charge is 2.14. The number of benzene rings is 1. The molecule has 2 rings (SSSR count). The normalized spacial score (nSPS) is 18.4. The maximum absolute atomic E-state index is 5.83. The van der Waals surface area contributed by atoms with Crippen molar-refractivity contribution in [1.29, 1.82) is 0 Å². The summed E-state index contributed by atoms with van der Waals surface area (Å²) < 4.78 is 5.83. The minimum atomic E-state index is 0.288. The Morgan fingerprint density at radius 3 is 2.65 bits per heavy atom. The second kappa shape index (κ2) is 6.77. The van der Waals surface area contributed by atoms with Gasteiger partial charge in [0.2, 0.25) is 0 Å². The van der Waals surface area contributed by atoms with Gasteiger partial charge in [-0.15, -0.1) is 0 Å². The fourth-order valence-corrected chi connectivity index (χ4v) is 2.33. The number of ether oxygens (including phenoxy) is 1. The largest absolute Gasteiger partial charge is 0.373 e. The maximum atomic E-state index is 5.83. The fourth-order valence-electron chi connectivity index (χ4n) is 2.33. The van der Waals surface area contributed by atoms with Gasteiger partial charge in [0, 0.05) is 12.6 Å². The van der Waals surface area contributed by atoms with Crippen LogP contribution in [0.3, 0.4) is 0 Å². The molecule has 1 atom stereocenters. The van der Waals surface area contributed by atoms with Gasteiger partial charge in [0.05, 0.1) is 12.7 Å². The molecule has 1 saturated carbocycles. The number of hydrogen-bond donors (Lipinski definition) is 1. The van der Waals surface area contributed by atoms with E-state index in [4.69, 9.17) is 4.74 Å². The topological polar surface area (TPSA) is 21.3 Å². The molecule has 0 aliphatic heterocycles. The summed E-state index contributed by atoms with van der Waals surface area (Å²) in [5, 5.41) is 3.59. The number of nitrogens with one attached hydrogen (secondary N) is 1. The van der Waals surface area contributed by atoms with Crippen LogP contribution in [0.15, 0.2) is 30.3 Å². The third-order valence-corrected chi connectivity index (χ3v) is 3.43. The van der Waals surface area contributed by atoms with Gasteiger partial charge in [-0.2, -0.15) is 0 Å². The first kappa shape index (κ1) is 12.6. The summed E-state index contributed by atoms with van der Waals surface area (Å²) >= 11 is 0. The van der Waals surface area contributed by atoms with Crippen molar-refractivity contribution in [2.45, 2.75) is 51.4 Å². The zero-order chi connectivity index (χ0) is 11.9. The average Bonchev–Trinajstić information content (AvgIpc) is 2.88. The van der Waals surface area contributed by atoms with Gasteiger partial charge in [0.25, 0.3) is 0 Å². The molecule has 0 spiro atoms. The van der Waals surface area contributed by atoms with Crippen molar-refractivity contribution >= 4 is 0 Å². The van der Waals surface area contributed by atoms with Crippen molar-refractivity contribution in [3.63, 3.8) is 0 Å². The molecule has 2 heteroatoms. The molecule has 0 amide bonds. The summed E-state index contributed by atoms with van der Waals surface area (Å²) in [7, 11) is 0. The molecule has 0 radical (unpaired) electrons. The van der Waals surface area contributed by atoms with Gasteiger partial charge < -0.3 is 10.1 Å². The smallest absolute Gasteiger partial charge is 0.0721 e.